The molecule has 6 nitrogen and oxygen atoms in total. The van der Waals surface area contributed by atoms with Gasteiger partial charge in [-0.3, -0.25) is 20.2 Å². The molecule has 2 amide bonds. The number of amides is 2. The van der Waals surface area contributed by atoms with E-state index in [1.807, 2.05) is 37.6 Å². The summed E-state index contributed by atoms with van der Waals surface area (Å²) >= 11 is 4.81. The van der Waals surface area contributed by atoms with Gasteiger partial charge >= 0.3 is 0 Å². The molecule has 0 radical (unpaired) electrons. The van der Waals surface area contributed by atoms with Gasteiger partial charge in [-0.2, -0.15) is 5.10 Å². The highest BCUT2D eigenvalue weighted by molar-refractivity contribution is 7.80. The molecular formula is C18H18N4O2S. The van der Waals surface area contributed by atoms with Crippen LogP contribution in [0.4, 0.5) is 0 Å². The number of nitrogens with zero attached hydrogens (tertiary/aromatic N) is 2. The Hall–Kier alpha value is -2.80. The lowest BCUT2D eigenvalue weighted by Gasteiger charge is -2.16. The fraction of sp³-hybridized carbons (Fsp3) is 0.222. The van der Waals surface area contributed by atoms with E-state index in [2.05, 4.69) is 28.7 Å². The normalized spacial score (nSPS) is 14.4. The summed E-state index contributed by atoms with van der Waals surface area (Å²) in [5.41, 5.74) is 5.65. The van der Waals surface area contributed by atoms with Gasteiger partial charge in [-0.25, -0.2) is 4.68 Å². The Morgan fingerprint density at radius 3 is 2.28 bits per heavy atom. The van der Waals surface area contributed by atoms with Crippen LogP contribution in [0.3, 0.4) is 0 Å². The van der Waals surface area contributed by atoms with Gasteiger partial charge in [0.05, 0.1) is 11.4 Å². The maximum Gasteiger partial charge on any atom is 0.263 e. The fourth-order valence-corrected chi connectivity index (χ4v) is 2.91. The van der Waals surface area contributed by atoms with Crippen molar-refractivity contribution >= 4 is 35.2 Å². The minimum atomic E-state index is -0.508. The molecule has 2 heterocycles. The average molecular weight is 354 g/mol. The fourth-order valence-electron chi connectivity index (χ4n) is 2.72. The molecule has 2 N–H and O–H groups in total. The summed E-state index contributed by atoms with van der Waals surface area (Å²) in [5.74, 6) is -1.02. The number of thiocarbonyl (C=S) groups is 1. The summed E-state index contributed by atoms with van der Waals surface area (Å²) in [7, 11) is 0. The minimum Gasteiger partial charge on any atom is -0.299 e. The average Bonchev–Trinajstić information content (AvgIpc) is 2.81. The number of nitrogens with one attached hydrogen (secondary N) is 2. The van der Waals surface area contributed by atoms with Crippen LogP contribution >= 0.6 is 12.2 Å². The molecule has 0 unspecified atom stereocenters. The number of benzene rings is 1. The van der Waals surface area contributed by atoms with Crippen LogP contribution in [0.25, 0.3) is 11.8 Å². The Balaban J connectivity index is 2.07. The molecule has 0 saturated carbocycles. The van der Waals surface area contributed by atoms with E-state index in [9.17, 15) is 9.59 Å². The van der Waals surface area contributed by atoms with Crippen molar-refractivity contribution in [2.24, 2.45) is 0 Å². The van der Waals surface area contributed by atoms with Crippen LogP contribution in [0.15, 0.2) is 23.8 Å². The van der Waals surface area contributed by atoms with E-state index < -0.39 is 11.8 Å². The van der Waals surface area contributed by atoms with Crippen molar-refractivity contribution in [1.29, 1.82) is 0 Å². The van der Waals surface area contributed by atoms with Gasteiger partial charge in [0, 0.05) is 11.3 Å². The number of carbonyl (C=O) groups excluding carboxylic acids is 2. The second-order valence-electron chi connectivity index (χ2n) is 6.06. The van der Waals surface area contributed by atoms with Crippen LogP contribution in [0, 0.1) is 27.7 Å². The summed E-state index contributed by atoms with van der Waals surface area (Å²) in [6.07, 6.45) is 1.56. The quantitative estimate of drug-likeness (QED) is 0.491. The summed E-state index contributed by atoms with van der Waals surface area (Å²) in [6, 6.07) is 6.10. The van der Waals surface area contributed by atoms with Gasteiger partial charge in [0.2, 0.25) is 0 Å². The van der Waals surface area contributed by atoms with Crippen molar-refractivity contribution in [1.82, 2.24) is 20.4 Å². The van der Waals surface area contributed by atoms with Crippen molar-refractivity contribution in [3.8, 4) is 5.69 Å². The zero-order chi connectivity index (χ0) is 18.3. The van der Waals surface area contributed by atoms with E-state index in [1.165, 1.54) is 11.1 Å². The third kappa shape index (κ3) is 3.10. The molecule has 0 bridgehead atoms. The molecule has 0 aliphatic carbocycles. The van der Waals surface area contributed by atoms with E-state index in [0.717, 1.165) is 22.6 Å². The first-order valence-corrected chi connectivity index (χ1v) is 8.21. The van der Waals surface area contributed by atoms with Gasteiger partial charge < -0.3 is 0 Å². The van der Waals surface area contributed by atoms with Crippen molar-refractivity contribution in [2.75, 3.05) is 0 Å². The molecule has 7 heteroatoms. The Labute approximate surface area is 150 Å². The lowest BCUT2D eigenvalue weighted by atomic mass is 10.1. The number of hydrogen-bond acceptors (Lipinski definition) is 4. The van der Waals surface area contributed by atoms with Crippen LogP contribution < -0.4 is 10.6 Å². The predicted molar refractivity (Wildman–Crippen MR) is 99.4 cm³/mol. The van der Waals surface area contributed by atoms with E-state index >= 15 is 0 Å². The van der Waals surface area contributed by atoms with E-state index in [-0.39, 0.29) is 10.7 Å². The van der Waals surface area contributed by atoms with Crippen LogP contribution in [-0.2, 0) is 9.59 Å². The first-order chi connectivity index (χ1) is 11.8. The third-order valence-corrected chi connectivity index (χ3v) is 4.52. The van der Waals surface area contributed by atoms with Gasteiger partial charge in [0.1, 0.15) is 5.57 Å². The highest BCUT2D eigenvalue weighted by atomic mass is 32.1. The van der Waals surface area contributed by atoms with Crippen LogP contribution in [0.1, 0.15) is 28.1 Å². The highest BCUT2D eigenvalue weighted by Gasteiger charge is 2.26. The van der Waals surface area contributed by atoms with Gasteiger partial charge in [-0.05, 0) is 69.2 Å². The molecule has 0 spiro atoms. The van der Waals surface area contributed by atoms with E-state index in [4.69, 9.17) is 12.2 Å². The zero-order valence-electron chi connectivity index (χ0n) is 14.4. The number of aromatic nitrogens is 2. The summed E-state index contributed by atoms with van der Waals surface area (Å²) < 4.78 is 1.82. The van der Waals surface area contributed by atoms with Gasteiger partial charge in [-0.15, -0.1) is 0 Å². The molecule has 1 aliphatic rings. The standard InChI is InChI=1S/C18H18N4O2S/c1-9-5-6-13(7-10(9)2)22-12(4)14(11(3)21-22)8-15-16(23)19-18(25)20-17(15)24/h5-8H,1-4H3,(H2,19,20,23,24,25). The Kier molecular flexibility index (Phi) is 4.26. The smallest absolute Gasteiger partial charge is 0.263 e. The zero-order valence-corrected chi connectivity index (χ0v) is 15.2. The van der Waals surface area contributed by atoms with Crippen molar-refractivity contribution < 1.29 is 9.59 Å². The van der Waals surface area contributed by atoms with Gasteiger partial charge in [0.15, 0.2) is 5.11 Å². The maximum atomic E-state index is 12.0. The summed E-state index contributed by atoms with van der Waals surface area (Å²) in [6.45, 7) is 7.86. The molecule has 2 aromatic rings. The predicted octanol–water partition coefficient (Wildman–Crippen LogP) is 2.02. The number of aryl methyl sites for hydroxylation is 3. The summed E-state index contributed by atoms with van der Waals surface area (Å²) in [4.78, 5) is 24.1. The van der Waals surface area contributed by atoms with Crippen molar-refractivity contribution in [3.63, 3.8) is 0 Å². The SMILES string of the molecule is Cc1ccc(-n2nc(C)c(C=C3C(=O)NC(=S)NC3=O)c2C)cc1C. The van der Waals surface area contributed by atoms with Gasteiger partial charge in [0.25, 0.3) is 11.8 Å². The molecule has 1 aromatic heterocycles. The highest BCUT2D eigenvalue weighted by Crippen LogP contribution is 2.22. The van der Waals surface area contributed by atoms with Crippen LogP contribution in [-0.4, -0.2) is 26.7 Å². The summed E-state index contributed by atoms with van der Waals surface area (Å²) in [5, 5.41) is 9.46. The number of rotatable bonds is 2. The molecule has 1 aromatic carbocycles. The molecule has 3 rings (SSSR count). The molecule has 0 atom stereocenters. The monoisotopic (exact) mass is 354 g/mol. The van der Waals surface area contributed by atoms with E-state index in [1.54, 1.807) is 6.08 Å². The Morgan fingerprint density at radius 2 is 1.68 bits per heavy atom. The van der Waals surface area contributed by atoms with Crippen LogP contribution in [0.5, 0.6) is 0 Å². The second-order valence-corrected chi connectivity index (χ2v) is 6.47. The lowest BCUT2D eigenvalue weighted by Crippen LogP contribution is -2.51. The lowest BCUT2D eigenvalue weighted by molar-refractivity contribution is -0.123. The first-order valence-electron chi connectivity index (χ1n) is 7.80. The molecule has 1 saturated heterocycles. The number of carbonyl (C=O) groups is 2. The molecular weight excluding hydrogens is 336 g/mol. The molecule has 25 heavy (non-hydrogen) atoms. The maximum absolute atomic E-state index is 12.0. The minimum absolute atomic E-state index is 0.0134. The largest absolute Gasteiger partial charge is 0.299 e. The molecule has 1 aliphatic heterocycles. The van der Waals surface area contributed by atoms with Crippen LogP contribution in [0.2, 0.25) is 0 Å². The van der Waals surface area contributed by atoms with Crippen molar-refractivity contribution in [3.05, 3.63) is 51.9 Å². The topological polar surface area (TPSA) is 76.0 Å². The Bertz CT molecular complexity index is 934. The number of hydrogen-bond donors (Lipinski definition) is 2. The van der Waals surface area contributed by atoms with E-state index in [0.29, 0.717) is 0 Å². The third-order valence-electron chi connectivity index (χ3n) is 4.31. The molecule has 1 fully saturated rings. The van der Waals surface area contributed by atoms with Gasteiger partial charge in [-0.1, -0.05) is 6.07 Å². The van der Waals surface area contributed by atoms with Crippen molar-refractivity contribution in [2.45, 2.75) is 27.7 Å². The first kappa shape index (κ1) is 17.0. The second kappa shape index (κ2) is 6.25. The Morgan fingerprint density at radius 1 is 1.04 bits per heavy atom. The molecule has 128 valence electrons.